The third-order valence-electron chi connectivity index (χ3n) is 3.51. The van der Waals surface area contributed by atoms with Crippen molar-refractivity contribution in [3.63, 3.8) is 0 Å². The molecule has 2 heterocycles. The predicted molar refractivity (Wildman–Crippen MR) is 74.6 cm³/mol. The maximum absolute atomic E-state index is 4.55. The highest BCUT2D eigenvalue weighted by Gasteiger charge is 2.22. The molecule has 0 aliphatic carbocycles. The third kappa shape index (κ3) is 1.32. The van der Waals surface area contributed by atoms with E-state index >= 15 is 0 Å². The molecule has 0 bridgehead atoms. The van der Waals surface area contributed by atoms with Gasteiger partial charge in [-0.3, -0.25) is 0 Å². The molecular formula is C16H12N2. The summed E-state index contributed by atoms with van der Waals surface area (Å²) in [5.41, 5.74) is 5.07. The minimum Gasteiger partial charge on any atom is -0.321 e. The lowest BCUT2D eigenvalue weighted by Crippen LogP contribution is -2.27. The highest BCUT2D eigenvalue weighted by atomic mass is 15.2. The topological polar surface area (TPSA) is 15.6 Å². The van der Waals surface area contributed by atoms with Crippen LogP contribution >= 0.6 is 0 Å². The molecule has 0 fully saturated rings. The van der Waals surface area contributed by atoms with Crippen LogP contribution in [0.15, 0.2) is 59.3 Å². The second-order valence-corrected chi connectivity index (χ2v) is 4.60. The Bertz CT molecular complexity index is 683. The van der Waals surface area contributed by atoms with Gasteiger partial charge in [0.2, 0.25) is 0 Å². The van der Waals surface area contributed by atoms with Crippen LogP contribution in [0.2, 0.25) is 0 Å². The number of para-hydroxylation sites is 1. The van der Waals surface area contributed by atoms with Crippen LogP contribution in [0.25, 0.3) is 6.08 Å². The lowest BCUT2D eigenvalue weighted by molar-refractivity contribution is 0.881. The van der Waals surface area contributed by atoms with E-state index in [1.54, 1.807) is 0 Å². The molecule has 0 amide bonds. The van der Waals surface area contributed by atoms with Gasteiger partial charge in [-0.2, -0.15) is 0 Å². The second-order valence-electron chi connectivity index (χ2n) is 4.60. The average molecular weight is 232 g/mol. The minimum absolute atomic E-state index is 0.899. The fourth-order valence-electron chi connectivity index (χ4n) is 2.58. The lowest BCUT2D eigenvalue weighted by Gasteiger charge is -2.32. The Kier molecular flexibility index (Phi) is 1.92. The van der Waals surface area contributed by atoms with E-state index in [2.05, 4.69) is 64.5 Å². The first-order valence-corrected chi connectivity index (χ1v) is 6.12. The van der Waals surface area contributed by atoms with Gasteiger partial charge < -0.3 is 4.90 Å². The van der Waals surface area contributed by atoms with Crippen LogP contribution in [-0.2, 0) is 6.54 Å². The van der Waals surface area contributed by atoms with E-state index in [-0.39, 0.29) is 0 Å². The van der Waals surface area contributed by atoms with E-state index in [0.29, 0.717) is 0 Å². The molecular weight excluding hydrogens is 220 g/mol. The Labute approximate surface area is 106 Å². The van der Waals surface area contributed by atoms with Gasteiger partial charge in [0, 0.05) is 11.8 Å². The summed E-state index contributed by atoms with van der Waals surface area (Å²) in [5.74, 6) is 1.03. The highest BCUT2D eigenvalue weighted by molar-refractivity contribution is 5.93. The summed E-state index contributed by atoms with van der Waals surface area (Å²) in [7, 11) is 0. The average Bonchev–Trinajstić information content (AvgIpc) is 2.45. The van der Waals surface area contributed by atoms with Crippen LogP contribution in [0.5, 0.6) is 0 Å². The Morgan fingerprint density at radius 1 is 0.889 bits per heavy atom. The first-order chi connectivity index (χ1) is 8.92. The molecule has 2 aliphatic heterocycles. The summed E-state index contributed by atoms with van der Waals surface area (Å²) in [6, 6.07) is 16.9. The SMILES string of the molecule is C1=NC2=Cc3ccccc3CN2c2ccccc21. The largest absolute Gasteiger partial charge is 0.321 e. The van der Waals surface area contributed by atoms with Gasteiger partial charge in [0.05, 0.1) is 12.2 Å². The van der Waals surface area contributed by atoms with Crippen molar-refractivity contribution in [3.05, 3.63) is 71.0 Å². The normalized spacial score (nSPS) is 15.6. The van der Waals surface area contributed by atoms with E-state index < -0.39 is 0 Å². The predicted octanol–water partition coefficient (Wildman–Crippen LogP) is 3.44. The highest BCUT2D eigenvalue weighted by Crippen LogP contribution is 2.34. The van der Waals surface area contributed by atoms with E-state index in [1.165, 1.54) is 22.4 Å². The first-order valence-electron chi connectivity index (χ1n) is 6.12. The molecule has 2 aromatic carbocycles. The van der Waals surface area contributed by atoms with Gasteiger partial charge in [0.1, 0.15) is 5.82 Å². The molecule has 0 saturated carbocycles. The lowest BCUT2D eigenvalue weighted by atomic mass is 10.0. The van der Waals surface area contributed by atoms with Gasteiger partial charge in [-0.25, -0.2) is 4.99 Å². The zero-order chi connectivity index (χ0) is 11.9. The standard InChI is InChI=1S/C16H12N2/c1-2-7-14-11-18-15-8-4-3-6-13(15)10-17-16(18)9-12(14)5-1/h1-10H,11H2. The Balaban J connectivity index is 1.91. The second kappa shape index (κ2) is 3.57. The molecule has 2 heteroatoms. The first kappa shape index (κ1) is 9.66. The molecule has 0 saturated heterocycles. The molecule has 0 spiro atoms. The summed E-state index contributed by atoms with van der Waals surface area (Å²) in [6.45, 7) is 0.899. The molecule has 0 radical (unpaired) electrons. The van der Waals surface area contributed by atoms with Gasteiger partial charge in [0.25, 0.3) is 0 Å². The van der Waals surface area contributed by atoms with Crippen LogP contribution in [-0.4, -0.2) is 6.21 Å². The molecule has 86 valence electrons. The van der Waals surface area contributed by atoms with E-state index in [9.17, 15) is 0 Å². The van der Waals surface area contributed by atoms with Crippen LogP contribution in [0.3, 0.4) is 0 Å². The van der Waals surface area contributed by atoms with Crippen molar-refractivity contribution in [1.29, 1.82) is 0 Å². The summed E-state index contributed by atoms with van der Waals surface area (Å²) in [5, 5.41) is 0. The van der Waals surface area contributed by atoms with Crippen LogP contribution < -0.4 is 4.90 Å². The van der Waals surface area contributed by atoms with E-state index in [0.717, 1.165) is 12.4 Å². The summed E-state index contributed by atoms with van der Waals surface area (Å²) >= 11 is 0. The van der Waals surface area contributed by atoms with E-state index in [4.69, 9.17) is 0 Å². The fraction of sp³-hybridized carbons (Fsp3) is 0.0625. The molecule has 0 aromatic heterocycles. The van der Waals surface area contributed by atoms with Crippen LogP contribution in [0.1, 0.15) is 16.7 Å². The van der Waals surface area contributed by atoms with Gasteiger partial charge in [-0.15, -0.1) is 0 Å². The van der Waals surface area contributed by atoms with Gasteiger partial charge in [0.15, 0.2) is 0 Å². The van der Waals surface area contributed by atoms with Crippen molar-refractivity contribution < 1.29 is 0 Å². The fourth-order valence-corrected chi connectivity index (χ4v) is 2.58. The molecule has 0 unspecified atom stereocenters. The smallest absolute Gasteiger partial charge is 0.133 e. The summed E-state index contributed by atoms with van der Waals surface area (Å²) < 4.78 is 0. The van der Waals surface area contributed by atoms with Crippen molar-refractivity contribution in [2.24, 2.45) is 4.99 Å². The molecule has 0 N–H and O–H groups in total. The number of anilines is 1. The van der Waals surface area contributed by atoms with Gasteiger partial charge in [-0.05, 0) is 23.3 Å². The zero-order valence-corrected chi connectivity index (χ0v) is 9.88. The molecule has 0 atom stereocenters. The van der Waals surface area contributed by atoms with E-state index in [1.807, 2.05) is 6.21 Å². The Hall–Kier alpha value is -2.35. The summed E-state index contributed by atoms with van der Waals surface area (Å²) in [6.07, 6.45) is 4.11. The van der Waals surface area contributed by atoms with Gasteiger partial charge >= 0.3 is 0 Å². The Morgan fingerprint density at radius 2 is 1.67 bits per heavy atom. The molecule has 2 nitrogen and oxygen atoms in total. The quantitative estimate of drug-likeness (QED) is 0.679. The van der Waals surface area contributed by atoms with Gasteiger partial charge in [-0.1, -0.05) is 42.5 Å². The number of hydrogen-bond donors (Lipinski definition) is 0. The molecule has 18 heavy (non-hydrogen) atoms. The number of benzene rings is 2. The Morgan fingerprint density at radius 3 is 2.61 bits per heavy atom. The number of nitrogens with zero attached hydrogens (tertiary/aromatic N) is 2. The minimum atomic E-state index is 0.899. The maximum atomic E-state index is 4.55. The monoisotopic (exact) mass is 232 g/mol. The molecule has 2 aromatic rings. The number of aliphatic imine (C=N–C) groups is 1. The van der Waals surface area contributed by atoms with Crippen molar-refractivity contribution in [1.82, 2.24) is 0 Å². The van der Waals surface area contributed by atoms with Crippen molar-refractivity contribution in [2.45, 2.75) is 6.54 Å². The summed E-state index contributed by atoms with van der Waals surface area (Å²) in [4.78, 5) is 6.83. The number of fused-ring (bicyclic) bond motifs is 4. The van der Waals surface area contributed by atoms with Crippen molar-refractivity contribution in [2.75, 3.05) is 4.90 Å². The van der Waals surface area contributed by atoms with Crippen molar-refractivity contribution in [3.8, 4) is 0 Å². The molecule has 2 aliphatic rings. The third-order valence-corrected chi connectivity index (χ3v) is 3.51. The maximum Gasteiger partial charge on any atom is 0.133 e. The number of hydrogen-bond acceptors (Lipinski definition) is 2. The molecule has 4 rings (SSSR count). The zero-order valence-electron chi connectivity index (χ0n) is 9.88. The van der Waals surface area contributed by atoms with Crippen LogP contribution in [0.4, 0.5) is 5.69 Å². The van der Waals surface area contributed by atoms with Crippen molar-refractivity contribution >= 4 is 18.0 Å². The van der Waals surface area contributed by atoms with Crippen LogP contribution in [0, 0.1) is 0 Å². The number of rotatable bonds is 0.